The van der Waals surface area contributed by atoms with Gasteiger partial charge in [-0.3, -0.25) is 10.1 Å². The maximum Gasteiger partial charge on any atom is 0.305 e. The zero-order valence-corrected chi connectivity index (χ0v) is 9.83. The molecule has 0 heterocycles. The highest BCUT2D eigenvalue weighted by Crippen LogP contribution is 2.43. The fraction of sp³-hybridized carbons (Fsp3) is 0.143. The number of benzene rings is 1. The highest BCUT2D eigenvalue weighted by molar-refractivity contribution is 6.67. The van der Waals surface area contributed by atoms with Crippen LogP contribution in [0.3, 0.4) is 0 Å². The van der Waals surface area contributed by atoms with Gasteiger partial charge in [0.2, 0.25) is 9.61 Å². The van der Waals surface area contributed by atoms with Crippen molar-refractivity contribution >= 4 is 52.1 Å². The van der Waals surface area contributed by atoms with Crippen LogP contribution in [0.5, 0.6) is 0 Å². The Morgan fingerprint density at radius 2 is 1.87 bits per heavy atom. The molecule has 0 atom stereocenters. The van der Waals surface area contributed by atoms with Gasteiger partial charge in [-0.05, 0) is 0 Å². The molecule has 0 radical (unpaired) electrons. The van der Waals surface area contributed by atoms with Crippen molar-refractivity contribution in [2.45, 2.75) is 3.79 Å². The summed E-state index contributed by atoms with van der Waals surface area (Å²) in [6.45, 7) is 0. The van der Waals surface area contributed by atoms with Gasteiger partial charge in [-0.15, -0.1) is 0 Å². The zero-order valence-electron chi connectivity index (χ0n) is 6.81. The van der Waals surface area contributed by atoms with E-state index in [4.69, 9.17) is 46.4 Å². The summed E-state index contributed by atoms with van der Waals surface area (Å²) in [5.74, 6) is -1.08. The van der Waals surface area contributed by atoms with E-state index < -0.39 is 20.2 Å². The third kappa shape index (κ3) is 2.84. The molecule has 0 spiro atoms. The topological polar surface area (TPSA) is 43.1 Å². The molecule has 0 saturated carbocycles. The molecule has 0 aliphatic rings. The highest BCUT2D eigenvalue weighted by Gasteiger charge is 2.30. The third-order valence-corrected chi connectivity index (χ3v) is 2.46. The summed E-state index contributed by atoms with van der Waals surface area (Å²) >= 11 is 22.1. The number of hydrogen-bond donors (Lipinski definition) is 0. The molecule has 8 heteroatoms. The SMILES string of the molecule is O=[N+]([O-])c1cc(C(Cl)(Cl)Cl)c(Cl)cc1F. The molecular formula is C7H2Cl4FNO2. The number of hydrogen-bond acceptors (Lipinski definition) is 2. The van der Waals surface area contributed by atoms with Crippen LogP contribution in [-0.2, 0) is 3.79 Å². The second kappa shape index (κ2) is 4.29. The van der Waals surface area contributed by atoms with Crippen molar-refractivity contribution < 1.29 is 9.31 Å². The Morgan fingerprint density at radius 1 is 1.33 bits per heavy atom. The fourth-order valence-electron chi connectivity index (χ4n) is 0.895. The maximum atomic E-state index is 13.0. The van der Waals surface area contributed by atoms with Gasteiger partial charge in [-0.1, -0.05) is 46.4 Å². The fourth-order valence-corrected chi connectivity index (χ4v) is 1.80. The van der Waals surface area contributed by atoms with Gasteiger partial charge in [0.1, 0.15) is 0 Å². The van der Waals surface area contributed by atoms with E-state index >= 15 is 0 Å². The molecule has 0 saturated heterocycles. The molecule has 0 unspecified atom stereocenters. The van der Waals surface area contributed by atoms with Gasteiger partial charge in [0.15, 0.2) is 0 Å². The average molecular weight is 293 g/mol. The molecule has 0 N–H and O–H groups in total. The van der Waals surface area contributed by atoms with Crippen molar-refractivity contribution in [3.63, 3.8) is 0 Å². The van der Waals surface area contributed by atoms with Gasteiger partial charge in [0.25, 0.3) is 0 Å². The number of nitro benzene ring substituents is 1. The zero-order chi connectivity index (χ0) is 11.8. The third-order valence-electron chi connectivity index (χ3n) is 1.54. The van der Waals surface area contributed by atoms with E-state index in [0.29, 0.717) is 0 Å². The number of nitro groups is 1. The summed E-state index contributed by atoms with van der Waals surface area (Å²) in [6.07, 6.45) is 0. The van der Waals surface area contributed by atoms with Crippen LogP contribution in [0.25, 0.3) is 0 Å². The summed E-state index contributed by atoms with van der Waals surface area (Å²) < 4.78 is 11.1. The molecule has 15 heavy (non-hydrogen) atoms. The van der Waals surface area contributed by atoms with Crippen LogP contribution in [-0.4, -0.2) is 4.92 Å². The molecule has 0 bridgehead atoms. The second-order valence-electron chi connectivity index (χ2n) is 2.54. The first-order chi connectivity index (χ1) is 6.73. The van der Waals surface area contributed by atoms with Crippen molar-refractivity contribution in [3.05, 3.63) is 38.7 Å². The van der Waals surface area contributed by atoms with Gasteiger partial charge in [0.05, 0.1) is 9.95 Å². The molecule has 3 nitrogen and oxygen atoms in total. The van der Waals surface area contributed by atoms with E-state index in [2.05, 4.69) is 0 Å². The minimum absolute atomic E-state index is 0.137. The van der Waals surface area contributed by atoms with Crippen LogP contribution in [0.15, 0.2) is 12.1 Å². The van der Waals surface area contributed by atoms with Crippen molar-refractivity contribution in [3.8, 4) is 0 Å². The Labute approximate surface area is 104 Å². The molecule has 0 aliphatic heterocycles. The Morgan fingerprint density at radius 3 is 2.27 bits per heavy atom. The lowest BCUT2D eigenvalue weighted by Crippen LogP contribution is -2.04. The summed E-state index contributed by atoms with van der Waals surface area (Å²) in [7, 11) is 0. The number of nitrogens with zero attached hydrogens (tertiary/aromatic N) is 1. The van der Waals surface area contributed by atoms with Gasteiger partial charge in [-0.25, -0.2) is 0 Å². The largest absolute Gasteiger partial charge is 0.305 e. The lowest BCUT2D eigenvalue weighted by atomic mass is 10.2. The van der Waals surface area contributed by atoms with Crippen molar-refractivity contribution in [2.24, 2.45) is 0 Å². The monoisotopic (exact) mass is 291 g/mol. The van der Waals surface area contributed by atoms with Gasteiger partial charge < -0.3 is 0 Å². The molecular weight excluding hydrogens is 291 g/mol. The highest BCUT2D eigenvalue weighted by atomic mass is 35.6. The van der Waals surface area contributed by atoms with Crippen molar-refractivity contribution in [1.29, 1.82) is 0 Å². The Bertz CT molecular complexity index is 418. The smallest absolute Gasteiger partial charge is 0.258 e. The van der Waals surface area contributed by atoms with Crippen LogP contribution in [0.4, 0.5) is 10.1 Å². The summed E-state index contributed by atoms with van der Waals surface area (Å²) in [5.41, 5.74) is -0.928. The summed E-state index contributed by atoms with van der Waals surface area (Å²) in [5, 5.41) is 10.2. The lowest BCUT2D eigenvalue weighted by molar-refractivity contribution is -0.387. The van der Waals surface area contributed by atoms with E-state index in [9.17, 15) is 14.5 Å². The number of rotatable bonds is 1. The predicted molar refractivity (Wildman–Crippen MR) is 57.3 cm³/mol. The maximum absolute atomic E-state index is 13.0. The van der Waals surface area contributed by atoms with Gasteiger partial charge in [0, 0.05) is 17.7 Å². The molecule has 82 valence electrons. The van der Waals surface area contributed by atoms with Crippen LogP contribution < -0.4 is 0 Å². The molecule has 0 aliphatic carbocycles. The minimum Gasteiger partial charge on any atom is -0.258 e. The molecule has 0 fully saturated rings. The molecule has 1 aromatic carbocycles. The van der Waals surface area contributed by atoms with E-state index in [-0.39, 0.29) is 10.6 Å². The summed E-state index contributed by atoms with van der Waals surface area (Å²) in [4.78, 5) is 9.48. The quantitative estimate of drug-likeness (QED) is 0.442. The van der Waals surface area contributed by atoms with E-state index in [1.165, 1.54) is 0 Å². The normalized spacial score (nSPS) is 11.5. The Hall–Kier alpha value is -0.290. The first kappa shape index (κ1) is 12.8. The molecule has 0 amide bonds. The van der Waals surface area contributed by atoms with Crippen LogP contribution in [0, 0.1) is 15.9 Å². The van der Waals surface area contributed by atoms with Gasteiger partial charge in [-0.2, -0.15) is 4.39 Å². The first-order valence-corrected chi connectivity index (χ1v) is 4.95. The first-order valence-electron chi connectivity index (χ1n) is 3.44. The average Bonchev–Trinajstić information content (AvgIpc) is 2.00. The van der Waals surface area contributed by atoms with E-state index in [1.807, 2.05) is 0 Å². The predicted octanol–water partition coefficient (Wildman–Crippen LogP) is 4.21. The molecule has 1 aromatic rings. The molecule has 0 aromatic heterocycles. The second-order valence-corrected chi connectivity index (χ2v) is 5.23. The minimum atomic E-state index is -1.93. The van der Waals surface area contributed by atoms with E-state index in [1.54, 1.807) is 0 Å². The van der Waals surface area contributed by atoms with Gasteiger partial charge >= 0.3 is 5.69 Å². The van der Waals surface area contributed by atoms with Crippen molar-refractivity contribution in [1.82, 2.24) is 0 Å². The summed E-state index contributed by atoms with van der Waals surface area (Å²) in [6, 6.07) is 1.53. The molecule has 1 rings (SSSR count). The number of alkyl halides is 3. The van der Waals surface area contributed by atoms with Crippen LogP contribution in [0.1, 0.15) is 5.56 Å². The number of halogens is 5. The van der Waals surface area contributed by atoms with Crippen LogP contribution >= 0.6 is 46.4 Å². The Balaban J connectivity index is 3.43. The lowest BCUT2D eigenvalue weighted by Gasteiger charge is -2.12. The Kier molecular flexibility index (Phi) is 3.66. The standard InChI is InChI=1S/C7H2Cl4FNO2/c8-4-2-5(12)6(13(14)15)1-3(4)7(9,10)11/h1-2H. The van der Waals surface area contributed by atoms with Crippen LogP contribution in [0.2, 0.25) is 5.02 Å². The van der Waals surface area contributed by atoms with Crippen molar-refractivity contribution in [2.75, 3.05) is 0 Å². The van der Waals surface area contributed by atoms with E-state index in [0.717, 1.165) is 12.1 Å².